The highest BCUT2D eigenvalue weighted by atomic mass is 16.2. The Kier molecular flexibility index (Phi) is 12.2. The lowest BCUT2D eigenvalue weighted by molar-refractivity contribution is -0.132. The van der Waals surface area contributed by atoms with Crippen molar-refractivity contribution >= 4 is 18.0 Å². The van der Waals surface area contributed by atoms with E-state index >= 15 is 0 Å². The molecular formula is C32H45N3O2. The fraction of sp³-hybridized carbons (Fsp3) is 0.500. The van der Waals surface area contributed by atoms with Gasteiger partial charge in [0, 0.05) is 39.1 Å². The first-order valence-electron chi connectivity index (χ1n) is 14.2. The Morgan fingerprint density at radius 3 is 2.24 bits per heavy atom. The zero-order chi connectivity index (χ0) is 26.3. The predicted molar refractivity (Wildman–Crippen MR) is 153 cm³/mol. The molecule has 200 valence electrons. The van der Waals surface area contributed by atoms with Crippen molar-refractivity contribution in [3.8, 4) is 0 Å². The monoisotopic (exact) mass is 503 g/mol. The molecule has 0 saturated carbocycles. The summed E-state index contributed by atoms with van der Waals surface area (Å²) in [6, 6.07) is 20.5. The molecule has 1 heterocycles. The van der Waals surface area contributed by atoms with Gasteiger partial charge in [-0.05, 0) is 49.1 Å². The van der Waals surface area contributed by atoms with Gasteiger partial charge in [-0.1, -0.05) is 99.0 Å². The number of nitrogens with one attached hydrogen (secondary N) is 1. The molecule has 1 aliphatic heterocycles. The lowest BCUT2D eigenvalue weighted by Gasteiger charge is -2.35. The number of hydrogen-bond acceptors (Lipinski definition) is 2. The molecule has 0 aliphatic carbocycles. The van der Waals surface area contributed by atoms with E-state index in [1.165, 1.54) is 24.0 Å². The number of urea groups is 1. The van der Waals surface area contributed by atoms with Gasteiger partial charge < -0.3 is 15.1 Å². The summed E-state index contributed by atoms with van der Waals surface area (Å²) in [4.78, 5) is 29.8. The number of benzene rings is 2. The van der Waals surface area contributed by atoms with Gasteiger partial charge in [-0.2, -0.15) is 0 Å². The normalized spacial score (nSPS) is 14.4. The minimum Gasteiger partial charge on any atom is -0.343 e. The van der Waals surface area contributed by atoms with E-state index in [4.69, 9.17) is 0 Å². The van der Waals surface area contributed by atoms with E-state index in [1.54, 1.807) is 0 Å². The topological polar surface area (TPSA) is 52.7 Å². The number of rotatable bonds is 13. The molecule has 1 saturated heterocycles. The van der Waals surface area contributed by atoms with E-state index in [9.17, 15) is 9.59 Å². The summed E-state index contributed by atoms with van der Waals surface area (Å²) in [6.07, 6.45) is 10.2. The Balaban J connectivity index is 1.71. The first kappa shape index (κ1) is 28.5. The van der Waals surface area contributed by atoms with Gasteiger partial charge in [0.15, 0.2) is 0 Å². The molecule has 1 fully saturated rings. The molecule has 1 aliphatic rings. The van der Waals surface area contributed by atoms with Gasteiger partial charge in [0.05, 0.1) is 0 Å². The van der Waals surface area contributed by atoms with Crippen molar-refractivity contribution in [3.05, 3.63) is 77.4 Å². The Hall–Kier alpha value is -3.08. The molecular weight excluding hydrogens is 458 g/mol. The van der Waals surface area contributed by atoms with E-state index in [2.05, 4.69) is 49.5 Å². The highest BCUT2D eigenvalue weighted by molar-refractivity contribution is 5.76. The predicted octanol–water partition coefficient (Wildman–Crippen LogP) is 6.90. The van der Waals surface area contributed by atoms with Crippen LogP contribution in [0.1, 0.15) is 76.3 Å². The van der Waals surface area contributed by atoms with Crippen molar-refractivity contribution in [2.24, 2.45) is 5.92 Å². The maximum absolute atomic E-state index is 13.5. The number of amides is 3. The summed E-state index contributed by atoms with van der Waals surface area (Å²) in [5.41, 5.74) is 3.58. The van der Waals surface area contributed by atoms with E-state index < -0.39 is 0 Å². The molecule has 2 aromatic rings. The lowest BCUT2D eigenvalue weighted by Crippen LogP contribution is -2.46. The van der Waals surface area contributed by atoms with Gasteiger partial charge in [-0.3, -0.25) is 4.79 Å². The first-order valence-corrected chi connectivity index (χ1v) is 14.2. The standard InChI is InChI=1S/C32H45N3O2/c1-3-5-8-18-30(23-27-14-9-6-10-15-27)26-35(32(37)33-24-28-16-11-7-12-17-28)25-29-19-21-34(22-20-29)31(36)13-4-2/h6-7,9-12,14-17,23,29H,3-5,8,13,18-22,24-26H2,1-2H3,(H,33,37)/b30-23+. The summed E-state index contributed by atoms with van der Waals surface area (Å²) in [5.74, 6) is 0.671. The molecule has 0 atom stereocenters. The Morgan fingerprint density at radius 2 is 1.59 bits per heavy atom. The molecule has 3 rings (SSSR count). The van der Waals surface area contributed by atoms with Crippen LogP contribution in [0.5, 0.6) is 0 Å². The van der Waals surface area contributed by atoms with Crippen LogP contribution in [0.15, 0.2) is 66.2 Å². The van der Waals surface area contributed by atoms with Crippen LogP contribution in [0.3, 0.4) is 0 Å². The van der Waals surface area contributed by atoms with Gasteiger partial charge in [0.25, 0.3) is 0 Å². The van der Waals surface area contributed by atoms with Gasteiger partial charge in [-0.15, -0.1) is 0 Å². The summed E-state index contributed by atoms with van der Waals surface area (Å²) in [7, 11) is 0. The fourth-order valence-corrected chi connectivity index (χ4v) is 4.98. The SMILES string of the molecule is CCCCC/C(=C\c1ccccc1)CN(CC1CCN(C(=O)CCC)CC1)C(=O)NCc1ccccc1. The van der Waals surface area contributed by atoms with Gasteiger partial charge >= 0.3 is 6.03 Å². The Labute approximate surface area is 223 Å². The average molecular weight is 504 g/mol. The molecule has 3 amide bonds. The van der Waals surface area contributed by atoms with Gasteiger partial charge in [0.1, 0.15) is 0 Å². The molecule has 0 radical (unpaired) electrons. The second-order valence-corrected chi connectivity index (χ2v) is 10.3. The zero-order valence-corrected chi connectivity index (χ0v) is 22.8. The summed E-state index contributed by atoms with van der Waals surface area (Å²) in [6.45, 7) is 7.75. The summed E-state index contributed by atoms with van der Waals surface area (Å²) in [5, 5.41) is 3.16. The molecule has 0 unspecified atom stereocenters. The highest BCUT2D eigenvalue weighted by Gasteiger charge is 2.26. The molecule has 0 aromatic heterocycles. The van der Waals surface area contributed by atoms with Crippen molar-refractivity contribution in [1.29, 1.82) is 0 Å². The number of carbonyl (C=O) groups excluding carboxylic acids is 2. The number of carbonyl (C=O) groups is 2. The number of piperidine rings is 1. The maximum Gasteiger partial charge on any atom is 0.317 e. The van der Waals surface area contributed by atoms with E-state index in [1.807, 2.05) is 46.2 Å². The van der Waals surface area contributed by atoms with Crippen LogP contribution in [-0.2, 0) is 11.3 Å². The summed E-state index contributed by atoms with van der Waals surface area (Å²) < 4.78 is 0. The third kappa shape index (κ3) is 10.1. The van der Waals surface area contributed by atoms with Crippen LogP contribution in [0, 0.1) is 5.92 Å². The van der Waals surface area contributed by atoms with Crippen molar-refractivity contribution < 1.29 is 9.59 Å². The fourth-order valence-electron chi connectivity index (χ4n) is 4.98. The number of likely N-dealkylation sites (tertiary alicyclic amines) is 1. The van der Waals surface area contributed by atoms with Crippen LogP contribution in [-0.4, -0.2) is 47.9 Å². The molecule has 37 heavy (non-hydrogen) atoms. The Bertz CT molecular complexity index is 966. The zero-order valence-electron chi connectivity index (χ0n) is 22.8. The van der Waals surface area contributed by atoms with Crippen molar-refractivity contribution in [2.75, 3.05) is 26.2 Å². The minimum absolute atomic E-state index is 0.0113. The molecule has 1 N–H and O–H groups in total. The van der Waals surface area contributed by atoms with Gasteiger partial charge in [0.2, 0.25) is 5.91 Å². The van der Waals surface area contributed by atoms with Crippen LogP contribution >= 0.6 is 0 Å². The third-order valence-corrected chi connectivity index (χ3v) is 7.15. The van der Waals surface area contributed by atoms with Crippen LogP contribution in [0.2, 0.25) is 0 Å². The first-order chi connectivity index (χ1) is 18.1. The number of unbranched alkanes of at least 4 members (excludes halogenated alkanes) is 2. The van der Waals surface area contributed by atoms with Crippen LogP contribution in [0.4, 0.5) is 4.79 Å². The second-order valence-electron chi connectivity index (χ2n) is 10.3. The van der Waals surface area contributed by atoms with Crippen LogP contribution in [0.25, 0.3) is 6.08 Å². The Morgan fingerprint density at radius 1 is 0.919 bits per heavy atom. The van der Waals surface area contributed by atoms with E-state index in [-0.39, 0.29) is 11.9 Å². The van der Waals surface area contributed by atoms with Crippen LogP contribution < -0.4 is 5.32 Å². The average Bonchev–Trinajstić information content (AvgIpc) is 2.93. The summed E-state index contributed by atoms with van der Waals surface area (Å²) >= 11 is 0. The quantitative estimate of drug-likeness (QED) is 0.302. The third-order valence-electron chi connectivity index (χ3n) is 7.15. The van der Waals surface area contributed by atoms with Crippen molar-refractivity contribution in [3.63, 3.8) is 0 Å². The lowest BCUT2D eigenvalue weighted by atomic mass is 9.95. The maximum atomic E-state index is 13.5. The minimum atomic E-state index is -0.0113. The largest absolute Gasteiger partial charge is 0.343 e. The second kappa shape index (κ2) is 15.9. The van der Waals surface area contributed by atoms with Gasteiger partial charge in [-0.25, -0.2) is 4.79 Å². The molecule has 5 heteroatoms. The van der Waals surface area contributed by atoms with E-state index in [0.29, 0.717) is 25.4 Å². The highest BCUT2D eigenvalue weighted by Crippen LogP contribution is 2.22. The van der Waals surface area contributed by atoms with Crippen molar-refractivity contribution in [2.45, 2.75) is 71.8 Å². The molecule has 2 aromatic carbocycles. The molecule has 0 bridgehead atoms. The smallest absolute Gasteiger partial charge is 0.317 e. The van der Waals surface area contributed by atoms with Crippen molar-refractivity contribution in [1.82, 2.24) is 15.1 Å². The number of hydrogen-bond donors (Lipinski definition) is 1. The molecule has 5 nitrogen and oxygen atoms in total. The van der Waals surface area contributed by atoms with E-state index in [0.717, 1.165) is 57.3 Å². The molecule has 0 spiro atoms. The number of nitrogens with zero attached hydrogens (tertiary/aromatic N) is 2.